The van der Waals surface area contributed by atoms with Crippen LogP contribution in [0.3, 0.4) is 0 Å². The highest BCUT2D eigenvalue weighted by Gasteiger charge is 2.26. The van der Waals surface area contributed by atoms with Gasteiger partial charge >= 0.3 is 0 Å². The van der Waals surface area contributed by atoms with Gasteiger partial charge in [0.1, 0.15) is 0 Å². The first-order valence-corrected chi connectivity index (χ1v) is 4.18. The molecule has 11 heavy (non-hydrogen) atoms. The van der Waals surface area contributed by atoms with Gasteiger partial charge in [0.05, 0.1) is 12.2 Å². The van der Waals surface area contributed by atoms with Crippen molar-refractivity contribution >= 4 is 0 Å². The molecule has 0 radical (unpaired) electrons. The predicted octanol–water partition coefficient (Wildman–Crippen LogP) is 1.35. The molecule has 1 aliphatic rings. The van der Waals surface area contributed by atoms with Gasteiger partial charge in [0, 0.05) is 12.5 Å². The van der Waals surface area contributed by atoms with Crippen molar-refractivity contribution in [2.24, 2.45) is 5.92 Å². The molecule has 1 heterocycles. The van der Waals surface area contributed by atoms with Crippen LogP contribution in [0.15, 0.2) is 12.7 Å². The van der Waals surface area contributed by atoms with Gasteiger partial charge in [-0.1, -0.05) is 13.0 Å². The zero-order valence-corrected chi connectivity index (χ0v) is 6.99. The molecule has 0 amide bonds. The minimum atomic E-state index is -0.295. The molecule has 0 aromatic carbocycles. The maximum absolute atomic E-state index is 9.50. The fourth-order valence-corrected chi connectivity index (χ4v) is 1.42. The zero-order chi connectivity index (χ0) is 8.27. The van der Waals surface area contributed by atoms with Crippen LogP contribution in [0.1, 0.15) is 19.8 Å². The number of aliphatic hydroxyl groups is 1. The molecule has 1 fully saturated rings. The fourth-order valence-electron chi connectivity index (χ4n) is 1.42. The van der Waals surface area contributed by atoms with Gasteiger partial charge in [-0.15, -0.1) is 6.58 Å². The second kappa shape index (κ2) is 3.88. The van der Waals surface area contributed by atoms with Gasteiger partial charge in [-0.05, 0) is 12.8 Å². The SMILES string of the molecule is C=C[C@@H](C)[C@H]1OCCC[C@@H]1O. The number of ether oxygens (including phenoxy) is 1. The average molecular weight is 156 g/mol. The third-order valence-electron chi connectivity index (χ3n) is 2.22. The molecule has 1 rings (SSSR count). The molecule has 1 N–H and O–H groups in total. The summed E-state index contributed by atoms with van der Waals surface area (Å²) in [5.41, 5.74) is 0. The summed E-state index contributed by atoms with van der Waals surface area (Å²) >= 11 is 0. The van der Waals surface area contributed by atoms with E-state index in [0.29, 0.717) is 0 Å². The Kier molecular flexibility index (Phi) is 3.09. The largest absolute Gasteiger partial charge is 0.390 e. The Morgan fingerprint density at radius 1 is 1.73 bits per heavy atom. The van der Waals surface area contributed by atoms with Crippen molar-refractivity contribution in [1.82, 2.24) is 0 Å². The monoisotopic (exact) mass is 156 g/mol. The summed E-state index contributed by atoms with van der Waals surface area (Å²) < 4.78 is 5.42. The first kappa shape index (κ1) is 8.75. The molecule has 0 spiro atoms. The van der Waals surface area contributed by atoms with Crippen molar-refractivity contribution in [2.75, 3.05) is 6.61 Å². The van der Waals surface area contributed by atoms with Gasteiger partial charge in [-0.2, -0.15) is 0 Å². The Balaban J connectivity index is 2.46. The van der Waals surface area contributed by atoms with Gasteiger partial charge in [-0.3, -0.25) is 0 Å². The van der Waals surface area contributed by atoms with Crippen LogP contribution in [-0.2, 0) is 4.74 Å². The van der Waals surface area contributed by atoms with Gasteiger partial charge in [0.25, 0.3) is 0 Å². The molecule has 2 heteroatoms. The van der Waals surface area contributed by atoms with E-state index in [-0.39, 0.29) is 18.1 Å². The third-order valence-corrected chi connectivity index (χ3v) is 2.22. The second-order valence-corrected chi connectivity index (χ2v) is 3.14. The molecule has 0 unspecified atom stereocenters. The minimum Gasteiger partial charge on any atom is -0.390 e. The second-order valence-electron chi connectivity index (χ2n) is 3.14. The van der Waals surface area contributed by atoms with E-state index in [1.54, 1.807) is 0 Å². The molecule has 0 aliphatic carbocycles. The molecule has 0 saturated carbocycles. The Morgan fingerprint density at radius 3 is 3.00 bits per heavy atom. The summed E-state index contributed by atoms with van der Waals surface area (Å²) in [5.74, 6) is 0.255. The van der Waals surface area contributed by atoms with Crippen LogP contribution in [0.2, 0.25) is 0 Å². The molecule has 0 aromatic heterocycles. The van der Waals surface area contributed by atoms with E-state index in [2.05, 4.69) is 6.58 Å². The quantitative estimate of drug-likeness (QED) is 0.611. The van der Waals surface area contributed by atoms with Crippen LogP contribution in [0.4, 0.5) is 0 Å². The summed E-state index contributed by atoms with van der Waals surface area (Å²) in [5, 5.41) is 9.50. The Bertz CT molecular complexity index is 134. The van der Waals surface area contributed by atoms with Crippen LogP contribution in [0, 0.1) is 5.92 Å². The summed E-state index contributed by atoms with van der Waals surface area (Å²) in [6, 6.07) is 0. The molecule has 2 nitrogen and oxygen atoms in total. The molecular weight excluding hydrogens is 140 g/mol. The van der Waals surface area contributed by atoms with Crippen molar-refractivity contribution < 1.29 is 9.84 Å². The van der Waals surface area contributed by atoms with E-state index in [1.807, 2.05) is 13.0 Å². The van der Waals surface area contributed by atoms with Crippen molar-refractivity contribution in [3.05, 3.63) is 12.7 Å². The number of aliphatic hydroxyl groups excluding tert-OH is 1. The lowest BCUT2D eigenvalue weighted by molar-refractivity contribution is -0.0892. The molecule has 3 atom stereocenters. The van der Waals surface area contributed by atoms with Crippen LogP contribution >= 0.6 is 0 Å². The standard InChI is InChI=1S/C9H16O2/c1-3-7(2)9-8(10)5-4-6-11-9/h3,7-10H,1,4-6H2,2H3/t7-,8+,9-/m1/s1. The highest BCUT2D eigenvalue weighted by molar-refractivity contribution is 4.87. The first-order valence-electron chi connectivity index (χ1n) is 4.18. The number of hydrogen-bond acceptors (Lipinski definition) is 2. The molecule has 1 saturated heterocycles. The number of rotatable bonds is 2. The number of hydrogen-bond donors (Lipinski definition) is 1. The Morgan fingerprint density at radius 2 is 2.45 bits per heavy atom. The van der Waals surface area contributed by atoms with E-state index in [1.165, 1.54) is 0 Å². The molecule has 1 aliphatic heterocycles. The van der Waals surface area contributed by atoms with Crippen LogP contribution in [-0.4, -0.2) is 23.9 Å². The van der Waals surface area contributed by atoms with Crippen molar-refractivity contribution in [2.45, 2.75) is 32.0 Å². The van der Waals surface area contributed by atoms with Crippen molar-refractivity contribution in [1.29, 1.82) is 0 Å². The van der Waals surface area contributed by atoms with E-state index >= 15 is 0 Å². The maximum atomic E-state index is 9.50. The van der Waals surface area contributed by atoms with Gasteiger partial charge in [-0.25, -0.2) is 0 Å². The fraction of sp³-hybridized carbons (Fsp3) is 0.778. The van der Waals surface area contributed by atoms with Gasteiger partial charge < -0.3 is 9.84 Å². The zero-order valence-electron chi connectivity index (χ0n) is 6.99. The summed E-state index contributed by atoms with van der Waals surface area (Å²) in [4.78, 5) is 0. The minimum absolute atomic E-state index is 0.0266. The van der Waals surface area contributed by atoms with Crippen molar-refractivity contribution in [3.63, 3.8) is 0 Å². The van der Waals surface area contributed by atoms with Crippen LogP contribution < -0.4 is 0 Å². The summed E-state index contributed by atoms with van der Waals surface area (Å²) in [6.07, 6.45) is 3.35. The Hall–Kier alpha value is -0.340. The van der Waals surface area contributed by atoms with Crippen LogP contribution in [0.25, 0.3) is 0 Å². The smallest absolute Gasteiger partial charge is 0.0893 e. The topological polar surface area (TPSA) is 29.5 Å². The van der Waals surface area contributed by atoms with E-state index in [4.69, 9.17) is 4.74 Å². The third kappa shape index (κ3) is 2.04. The molecule has 0 aromatic rings. The van der Waals surface area contributed by atoms with E-state index < -0.39 is 0 Å². The maximum Gasteiger partial charge on any atom is 0.0893 e. The predicted molar refractivity (Wildman–Crippen MR) is 44.3 cm³/mol. The van der Waals surface area contributed by atoms with Crippen molar-refractivity contribution in [3.8, 4) is 0 Å². The first-order chi connectivity index (χ1) is 5.25. The van der Waals surface area contributed by atoms with E-state index in [0.717, 1.165) is 19.4 Å². The highest BCUT2D eigenvalue weighted by atomic mass is 16.5. The normalized spacial score (nSPS) is 34.7. The van der Waals surface area contributed by atoms with Crippen LogP contribution in [0.5, 0.6) is 0 Å². The van der Waals surface area contributed by atoms with Gasteiger partial charge in [0.2, 0.25) is 0 Å². The molecular formula is C9H16O2. The Labute approximate surface area is 67.9 Å². The molecule has 0 bridgehead atoms. The highest BCUT2D eigenvalue weighted by Crippen LogP contribution is 2.20. The lowest BCUT2D eigenvalue weighted by Gasteiger charge is -2.31. The lowest BCUT2D eigenvalue weighted by Crippen LogP contribution is -2.38. The van der Waals surface area contributed by atoms with E-state index in [9.17, 15) is 5.11 Å². The molecule has 64 valence electrons. The van der Waals surface area contributed by atoms with Gasteiger partial charge in [0.15, 0.2) is 0 Å². The average Bonchev–Trinajstić information content (AvgIpc) is 2.04. The summed E-state index contributed by atoms with van der Waals surface area (Å²) in [6.45, 7) is 6.48. The summed E-state index contributed by atoms with van der Waals surface area (Å²) in [7, 11) is 0. The lowest BCUT2D eigenvalue weighted by atomic mass is 9.95.